The lowest BCUT2D eigenvalue weighted by Crippen LogP contribution is -2.15. The minimum absolute atomic E-state index is 0.152. The van der Waals surface area contributed by atoms with Gasteiger partial charge in [-0.05, 0) is 37.3 Å². The summed E-state index contributed by atoms with van der Waals surface area (Å²) in [7, 11) is 0. The standard InChI is InChI=1S/C19H16Cl2N2O5/c1-2-25-15-6-4-3-5-13(15)19-22-17(28-23-19)10-27-18(24)11-26-16-8-7-12(20)9-14(16)21/h3-9H,2,10-11H2,1H3. The number of hydrogen-bond acceptors (Lipinski definition) is 7. The molecule has 28 heavy (non-hydrogen) atoms. The highest BCUT2D eigenvalue weighted by Crippen LogP contribution is 2.28. The molecule has 0 aliphatic heterocycles. The summed E-state index contributed by atoms with van der Waals surface area (Å²) < 4.78 is 21.1. The highest BCUT2D eigenvalue weighted by Gasteiger charge is 2.15. The van der Waals surface area contributed by atoms with Crippen LogP contribution in [0.25, 0.3) is 11.4 Å². The average molecular weight is 423 g/mol. The van der Waals surface area contributed by atoms with E-state index in [1.165, 1.54) is 6.07 Å². The van der Waals surface area contributed by atoms with Crippen molar-refractivity contribution in [2.24, 2.45) is 0 Å². The van der Waals surface area contributed by atoms with Crippen LogP contribution in [0.4, 0.5) is 0 Å². The van der Waals surface area contributed by atoms with Crippen molar-refractivity contribution in [3.63, 3.8) is 0 Å². The van der Waals surface area contributed by atoms with Crippen LogP contribution >= 0.6 is 23.2 Å². The second-order valence-electron chi connectivity index (χ2n) is 5.46. The minimum atomic E-state index is -0.611. The molecule has 3 rings (SSSR count). The number of para-hydroxylation sites is 1. The third-order valence-corrected chi connectivity index (χ3v) is 4.02. The molecule has 0 amide bonds. The normalized spacial score (nSPS) is 10.5. The van der Waals surface area contributed by atoms with E-state index in [-0.39, 0.29) is 19.1 Å². The number of rotatable bonds is 8. The van der Waals surface area contributed by atoms with E-state index in [1.807, 2.05) is 31.2 Å². The van der Waals surface area contributed by atoms with Crippen molar-refractivity contribution >= 4 is 29.2 Å². The van der Waals surface area contributed by atoms with E-state index in [0.29, 0.717) is 39.5 Å². The van der Waals surface area contributed by atoms with Crippen LogP contribution in [0.15, 0.2) is 47.0 Å². The Hall–Kier alpha value is -2.77. The van der Waals surface area contributed by atoms with Gasteiger partial charge in [-0.3, -0.25) is 0 Å². The van der Waals surface area contributed by atoms with Gasteiger partial charge in [0, 0.05) is 5.02 Å². The van der Waals surface area contributed by atoms with Gasteiger partial charge in [-0.2, -0.15) is 4.98 Å². The van der Waals surface area contributed by atoms with Crippen LogP contribution in [-0.4, -0.2) is 29.3 Å². The lowest BCUT2D eigenvalue weighted by Gasteiger charge is -2.07. The van der Waals surface area contributed by atoms with Crippen molar-refractivity contribution in [1.82, 2.24) is 10.1 Å². The van der Waals surface area contributed by atoms with Gasteiger partial charge in [-0.25, -0.2) is 4.79 Å². The lowest BCUT2D eigenvalue weighted by molar-refractivity contribution is -0.148. The van der Waals surface area contributed by atoms with Crippen LogP contribution in [0, 0.1) is 0 Å². The number of esters is 1. The molecule has 3 aromatic rings. The molecule has 7 nitrogen and oxygen atoms in total. The molecule has 0 saturated carbocycles. The molecule has 2 aromatic carbocycles. The summed E-state index contributed by atoms with van der Waals surface area (Å²) in [5, 5.41) is 4.67. The van der Waals surface area contributed by atoms with Crippen molar-refractivity contribution in [3.05, 3.63) is 58.4 Å². The van der Waals surface area contributed by atoms with E-state index < -0.39 is 5.97 Å². The molecule has 1 heterocycles. The zero-order chi connectivity index (χ0) is 19.9. The first-order valence-electron chi connectivity index (χ1n) is 8.35. The fourth-order valence-corrected chi connectivity index (χ4v) is 2.73. The topological polar surface area (TPSA) is 83.7 Å². The summed E-state index contributed by atoms with van der Waals surface area (Å²) in [5.41, 5.74) is 0.686. The van der Waals surface area contributed by atoms with Gasteiger partial charge in [0.25, 0.3) is 5.89 Å². The summed E-state index contributed by atoms with van der Waals surface area (Å²) in [6.45, 7) is 1.89. The fraction of sp³-hybridized carbons (Fsp3) is 0.211. The third kappa shape index (κ3) is 5.15. The molecule has 0 spiro atoms. The first kappa shape index (κ1) is 20.0. The van der Waals surface area contributed by atoms with Gasteiger partial charge in [0.15, 0.2) is 13.2 Å². The molecule has 0 unspecified atom stereocenters. The van der Waals surface area contributed by atoms with Crippen molar-refractivity contribution < 1.29 is 23.5 Å². The van der Waals surface area contributed by atoms with Crippen LogP contribution < -0.4 is 9.47 Å². The van der Waals surface area contributed by atoms with E-state index in [1.54, 1.807) is 12.1 Å². The van der Waals surface area contributed by atoms with Gasteiger partial charge in [-0.15, -0.1) is 0 Å². The fourth-order valence-electron chi connectivity index (χ4n) is 2.27. The maximum absolute atomic E-state index is 11.9. The summed E-state index contributed by atoms with van der Waals surface area (Å²) in [6.07, 6.45) is 0. The van der Waals surface area contributed by atoms with Crippen molar-refractivity contribution in [1.29, 1.82) is 0 Å². The molecule has 146 valence electrons. The third-order valence-electron chi connectivity index (χ3n) is 3.49. The minimum Gasteiger partial charge on any atom is -0.493 e. The Bertz CT molecular complexity index is 961. The number of ether oxygens (including phenoxy) is 3. The SMILES string of the molecule is CCOc1ccccc1-c1noc(COC(=O)COc2ccc(Cl)cc2Cl)n1. The number of hydrogen-bond donors (Lipinski definition) is 0. The van der Waals surface area contributed by atoms with Gasteiger partial charge < -0.3 is 18.7 Å². The van der Waals surface area contributed by atoms with Gasteiger partial charge in [0.2, 0.25) is 5.82 Å². The van der Waals surface area contributed by atoms with Crippen LogP contribution in [0.3, 0.4) is 0 Å². The van der Waals surface area contributed by atoms with E-state index in [9.17, 15) is 4.79 Å². The Morgan fingerprint density at radius 3 is 2.71 bits per heavy atom. The van der Waals surface area contributed by atoms with Crippen LogP contribution in [0.1, 0.15) is 12.8 Å². The van der Waals surface area contributed by atoms with Crippen LogP contribution in [0.5, 0.6) is 11.5 Å². The van der Waals surface area contributed by atoms with Gasteiger partial charge in [0.1, 0.15) is 11.5 Å². The van der Waals surface area contributed by atoms with E-state index in [4.69, 9.17) is 41.9 Å². The molecule has 1 aromatic heterocycles. The van der Waals surface area contributed by atoms with Crippen molar-refractivity contribution in [3.8, 4) is 22.9 Å². The molecule has 0 bridgehead atoms. The Morgan fingerprint density at radius 1 is 1.11 bits per heavy atom. The molecule has 0 aliphatic carbocycles. The molecule has 0 saturated heterocycles. The van der Waals surface area contributed by atoms with Crippen molar-refractivity contribution in [2.75, 3.05) is 13.2 Å². The van der Waals surface area contributed by atoms with Gasteiger partial charge in [0.05, 0.1) is 17.2 Å². The van der Waals surface area contributed by atoms with Crippen molar-refractivity contribution in [2.45, 2.75) is 13.5 Å². The zero-order valence-corrected chi connectivity index (χ0v) is 16.4. The smallest absolute Gasteiger partial charge is 0.344 e. The molecule has 0 atom stereocenters. The van der Waals surface area contributed by atoms with Gasteiger partial charge >= 0.3 is 5.97 Å². The second-order valence-corrected chi connectivity index (χ2v) is 6.31. The van der Waals surface area contributed by atoms with Crippen LogP contribution in [0.2, 0.25) is 10.0 Å². The highest BCUT2D eigenvalue weighted by atomic mass is 35.5. The number of carbonyl (C=O) groups is 1. The van der Waals surface area contributed by atoms with Gasteiger partial charge in [-0.1, -0.05) is 40.5 Å². The first-order valence-corrected chi connectivity index (χ1v) is 9.10. The number of carbonyl (C=O) groups excluding carboxylic acids is 1. The predicted molar refractivity (Wildman–Crippen MR) is 103 cm³/mol. The lowest BCUT2D eigenvalue weighted by atomic mass is 10.2. The maximum Gasteiger partial charge on any atom is 0.344 e. The Labute approximate surface area is 171 Å². The summed E-state index contributed by atoms with van der Waals surface area (Å²) in [4.78, 5) is 16.1. The number of benzene rings is 2. The first-order chi connectivity index (χ1) is 13.6. The van der Waals surface area contributed by atoms with E-state index >= 15 is 0 Å². The molecule has 0 aliphatic rings. The number of nitrogens with zero attached hydrogens (tertiary/aromatic N) is 2. The zero-order valence-electron chi connectivity index (χ0n) is 14.9. The molecule has 9 heteroatoms. The summed E-state index contributed by atoms with van der Waals surface area (Å²) >= 11 is 11.8. The quantitative estimate of drug-likeness (QED) is 0.491. The molecule has 0 N–H and O–H groups in total. The van der Waals surface area contributed by atoms with Crippen LogP contribution in [-0.2, 0) is 16.1 Å². The van der Waals surface area contributed by atoms with E-state index in [2.05, 4.69) is 10.1 Å². The average Bonchev–Trinajstić information content (AvgIpc) is 3.15. The molecule has 0 fully saturated rings. The monoisotopic (exact) mass is 422 g/mol. The predicted octanol–water partition coefficient (Wildman–Crippen LogP) is 4.56. The largest absolute Gasteiger partial charge is 0.493 e. The van der Waals surface area contributed by atoms with E-state index in [0.717, 1.165) is 0 Å². The second kappa shape index (κ2) is 9.43. The Kier molecular flexibility index (Phi) is 6.73. The number of halogens is 2. The highest BCUT2D eigenvalue weighted by molar-refractivity contribution is 6.35. The maximum atomic E-state index is 11.9. The summed E-state index contributed by atoms with van der Waals surface area (Å²) in [6, 6.07) is 12.0. The Morgan fingerprint density at radius 2 is 1.93 bits per heavy atom. The summed E-state index contributed by atoms with van der Waals surface area (Å²) in [5.74, 6) is 0.858. The molecule has 0 radical (unpaired) electrons. The molecular formula is C19H16Cl2N2O5. The number of aromatic nitrogens is 2. The molecular weight excluding hydrogens is 407 g/mol. The Balaban J connectivity index is 1.55.